The van der Waals surface area contributed by atoms with Gasteiger partial charge in [0.25, 0.3) is 0 Å². The van der Waals surface area contributed by atoms with E-state index in [0.717, 1.165) is 22.9 Å². The summed E-state index contributed by atoms with van der Waals surface area (Å²) in [6, 6.07) is 14.7. The molecule has 0 spiro atoms. The molecule has 0 bridgehead atoms. The van der Waals surface area contributed by atoms with E-state index in [-0.39, 0.29) is 11.7 Å². The van der Waals surface area contributed by atoms with E-state index in [1.165, 1.54) is 23.1 Å². The van der Waals surface area contributed by atoms with Crippen LogP contribution in [0, 0.1) is 0 Å². The van der Waals surface area contributed by atoms with E-state index in [0.29, 0.717) is 9.47 Å². The number of amides is 1. The van der Waals surface area contributed by atoms with Gasteiger partial charge in [0.2, 0.25) is 11.0 Å². The summed E-state index contributed by atoms with van der Waals surface area (Å²) in [6.07, 6.45) is 0. The van der Waals surface area contributed by atoms with Crippen molar-refractivity contribution in [3.63, 3.8) is 0 Å². The topological polar surface area (TPSA) is 85.4 Å². The SMILES string of the molecule is COc1ccc(NC(=O)CSc2nnc(Nc3cccc(OC)c3)s2)cc1. The largest absolute Gasteiger partial charge is 0.497 e. The van der Waals surface area contributed by atoms with Crippen LogP contribution in [-0.4, -0.2) is 36.1 Å². The number of aromatic nitrogens is 2. The molecular weight excluding hydrogens is 384 g/mol. The highest BCUT2D eigenvalue weighted by molar-refractivity contribution is 8.01. The highest BCUT2D eigenvalue weighted by Gasteiger charge is 2.09. The Morgan fingerprint density at radius 1 is 1.04 bits per heavy atom. The highest BCUT2D eigenvalue weighted by atomic mass is 32.2. The minimum Gasteiger partial charge on any atom is -0.497 e. The quantitative estimate of drug-likeness (QED) is 0.550. The average Bonchev–Trinajstić information content (AvgIpc) is 3.14. The Morgan fingerprint density at radius 2 is 1.81 bits per heavy atom. The normalized spacial score (nSPS) is 10.3. The molecule has 1 aromatic heterocycles. The van der Waals surface area contributed by atoms with E-state index in [2.05, 4.69) is 20.8 Å². The Bertz CT molecular complexity index is 900. The summed E-state index contributed by atoms with van der Waals surface area (Å²) in [5.41, 5.74) is 1.58. The summed E-state index contributed by atoms with van der Waals surface area (Å²) in [6.45, 7) is 0. The van der Waals surface area contributed by atoms with Gasteiger partial charge >= 0.3 is 0 Å². The number of rotatable bonds is 8. The molecule has 3 aromatic rings. The lowest BCUT2D eigenvalue weighted by molar-refractivity contribution is -0.113. The second kappa shape index (κ2) is 9.24. The lowest BCUT2D eigenvalue weighted by Gasteiger charge is -2.05. The molecule has 7 nitrogen and oxygen atoms in total. The van der Waals surface area contributed by atoms with E-state index in [1.807, 2.05) is 24.3 Å². The van der Waals surface area contributed by atoms with Gasteiger partial charge in [-0.2, -0.15) is 0 Å². The first-order valence-corrected chi connectivity index (χ1v) is 9.78. The summed E-state index contributed by atoms with van der Waals surface area (Å²) in [5, 5.41) is 14.9. The van der Waals surface area contributed by atoms with Crippen LogP contribution < -0.4 is 20.1 Å². The Morgan fingerprint density at radius 3 is 2.56 bits per heavy atom. The van der Waals surface area contributed by atoms with Gasteiger partial charge in [0.1, 0.15) is 11.5 Å². The molecule has 0 fully saturated rings. The molecule has 0 aliphatic heterocycles. The van der Waals surface area contributed by atoms with Gasteiger partial charge in [0, 0.05) is 17.4 Å². The number of hydrogen-bond donors (Lipinski definition) is 2. The van der Waals surface area contributed by atoms with Gasteiger partial charge < -0.3 is 20.1 Å². The third-order valence-corrected chi connectivity index (χ3v) is 5.40. The van der Waals surface area contributed by atoms with Crippen LogP contribution >= 0.6 is 23.1 Å². The monoisotopic (exact) mass is 402 g/mol. The second-order valence-corrected chi connectivity index (χ2v) is 7.50. The Balaban J connectivity index is 1.50. The Kier molecular flexibility index (Phi) is 6.50. The van der Waals surface area contributed by atoms with Crippen molar-refractivity contribution in [1.29, 1.82) is 0 Å². The van der Waals surface area contributed by atoms with Gasteiger partial charge in [-0.15, -0.1) is 10.2 Å². The van der Waals surface area contributed by atoms with E-state index in [1.54, 1.807) is 38.5 Å². The molecule has 140 valence electrons. The van der Waals surface area contributed by atoms with E-state index in [4.69, 9.17) is 9.47 Å². The number of anilines is 3. The number of thioether (sulfide) groups is 1. The first-order valence-electron chi connectivity index (χ1n) is 7.97. The maximum absolute atomic E-state index is 12.1. The molecule has 0 aliphatic rings. The van der Waals surface area contributed by atoms with Crippen LogP contribution in [0.3, 0.4) is 0 Å². The van der Waals surface area contributed by atoms with Gasteiger partial charge in [-0.1, -0.05) is 29.2 Å². The van der Waals surface area contributed by atoms with Crippen LogP contribution in [0.15, 0.2) is 52.9 Å². The molecule has 1 heterocycles. The zero-order valence-corrected chi connectivity index (χ0v) is 16.4. The molecule has 1 amide bonds. The van der Waals surface area contributed by atoms with Crippen molar-refractivity contribution in [3.05, 3.63) is 48.5 Å². The minimum atomic E-state index is -0.109. The predicted molar refractivity (Wildman–Crippen MR) is 109 cm³/mol. The fraction of sp³-hybridized carbons (Fsp3) is 0.167. The maximum atomic E-state index is 12.1. The number of benzene rings is 2. The van der Waals surface area contributed by atoms with Crippen LogP contribution in [0.1, 0.15) is 0 Å². The molecule has 0 atom stereocenters. The molecular formula is C18H18N4O3S2. The Labute approximate surface area is 165 Å². The van der Waals surface area contributed by atoms with Crippen molar-refractivity contribution in [2.45, 2.75) is 4.34 Å². The summed E-state index contributed by atoms with van der Waals surface area (Å²) in [5.74, 6) is 1.64. The average molecular weight is 403 g/mol. The van der Waals surface area contributed by atoms with Crippen LogP contribution in [0.25, 0.3) is 0 Å². The van der Waals surface area contributed by atoms with Crippen molar-refractivity contribution in [2.24, 2.45) is 0 Å². The summed E-state index contributed by atoms with van der Waals surface area (Å²) >= 11 is 2.72. The molecule has 0 unspecified atom stereocenters. The Hall–Kier alpha value is -2.78. The third kappa shape index (κ3) is 5.60. The van der Waals surface area contributed by atoms with E-state index < -0.39 is 0 Å². The second-order valence-electron chi connectivity index (χ2n) is 5.30. The zero-order valence-electron chi connectivity index (χ0n) is 14.8. The fourth-order valence-electron chi connectivity index (χ4n) is 2.14. The van der Waals surface area contributed by atoms with Crippen molar-refractivity contribution in [1.82, 2.24) is 10.2 Å². The zero-order chi connectivity index (χ0) is 19.1. The number of methoxy groups -OCH3 is 2. The number of nitrogens with zero attached hydrogens (tertiary/aromatic N) is 2. The van der Waals surface area contributed by atoms with Gasteiger partial charge in [0.15, 0.2) is 4.34 Å². The minimum absolute atomic E-state index is 0.109. The number of ether oxygens (including phenoxy) is 2. The molecule has 3 rings (SSSR count). The lowest BCUT2D eigenvalue weighted by atomic mass is 10.3. The van der Waals surface area contributed by atoms with Crippen LogP contribution in [0.4, 0.5) is 16.5 Å². The lowest BCUT2D eigenvalue weighted by Crippen LogP contribution is -2.13. The van der Waals surface area contributed by atoms with Crippen LogP contribution in [0.2, 0.25) is 0 Å². The summed E-state index contributed by atoms with van der Waals surface area (Å²) in [4.78, 5) is 12.1. The van der Waals surface area contributed by atoms with Crippen molar-refractivity contribution >= 4 is 45.5 Å². The molecule has 0 radical (unpaired) electrons. The van der Waals surface area contributed by atoms with Crippen molar-refractivity contribution < 1.29 is 14.3 Å². The van der Waals surface area contributed by atoms with E-state index in [9.17, 15) is 4.79 Å². The molecule has 2 N–H and O–H groups in total. The molecule has 2 aromatic carbocycles. The first-order chi connectivity index (χ1) is 13.2. The molecule has 9 heteroatoms. The van der Waals surface area contributed by atoms with Gasteiger partial charge in [-0.3, -0.25) is 4.79 Å². The standard InChI is InChI=1S/C18H18N4O3S2/c1-24-14-8-6-12(7-9-14)19-16(23)11-26-18-22-21-17(27-18)20-13-4-3-5-15(10-13)25-2/h3-10H,11H2,1-2H3,(H,19,23)(H,20,21). The fourth-order valence-corrected chi connectivity index (χ4v) is 3.71. The highest BCUT2D eigenvalue weighted by Crippen LogP contribution is 2.28. The van der Waals surface area contributed by atoms with Crippen LogP contribution in [-0.2, 0) is 4.79 Å². The number of carbonyl (C=O) groups excluding carboxylic acids is 1. The number of hydrogen-bond acceptors (Lipinski definition) is 8. The summed E-state index contributed by atoms with van der Waals surface area (Å²) in [7, 11) is 3.22. The van der Waals surface area contributed by atoms with Crippen molar-refractivity contribution in [3.8, 4) is 11.5 Å². The number of carbonyl (C=O) groups is 1. The molecule has 27 heavy (non-hydrogen) atoms. The summed E-state index contributed by atoms with van der Waals surface area (Å²) < 4.78 is 11.0. The first kappa shape index (κ1) is 19.0. The van der Waals surface area contributed by atoms with Gasteiger partial charge in [0.05, 0.1) is 20.0 Å². The predicted octanol–water partition coefficient (Wildman–Crippen LogP) is 4.03. The van der Waals surface area contributed by atoms with Gasteiger partial charge in [-0.25, -0.2) is 0 Å². The smallest absolute Gasteiger partial charge is 0.234 e. The van der Waals surface area contributed by atoms with Crippen molar-refractivity contribution in [2.75, 3.05) is 30.6 Å². The number of nitrogens with one attached hydrogen (secondary N) is 2. The molecule has 0 saturated carbocycles. The maximum Gasteiger partial charge on any atom is 0.234 e. The molecule has 0 saturated heterocycles. The molecule has 0 aliphatic carbocycles. The van der Waals surface area contributed by atoms with E-state index >= 15 is 0 Å². The van der Waals surface area contributed by atoms with Gasteiger partial charge in [-0.05, 0) is 36.4 Å². The third-order valence-electron chi connectivity index (χ3n) is 3.43. The van der Waals surface area contributed by atoms with Crippen LogP contribution in [0.5, 0.6) is 11.5 Å².